The van der Waals surface area contributed by atoms with Gasteiger partial charge in [-0.25, -0.2) is 8.42 Å². The van der Waals surface area contributed by atoms with Crippen molar-refractivity contribution in [2.75, 3.05) is 12.4 Å². The molecule has 0 aliphatic heterocycles. The molecular weight excluding hydrogens is 224 g/mol. The Balaban J connectivity index is 2.45. The summed E-state index contributed by atoms with van der Waals surface area (Å²) in [5.74, 6) is 0.968. The van der Waals surface area contributed by atoms with Gasteiger partial charge in [-0.05, 0) is 32.1 Å². The third kappa shape index (κ3) is 3.74. The van der Waals surface area contributed by atoms with Crippen LogP contribution in [-0.2, 0) is 9.84 Å². The molecule has 0 aromatic heterocycles. The summed E-state index contributed by atoms with van der Waals surface area (Å²) >= 11 is 0. The van der Waals surface area contributed by atoms with E-state index in [1.165, 1.54) is 12.8 Å². The molecule has 1 atom stereocenters. The fourth-order valence-corrected chi connectivity index (χ4v) is 3.56. The van der Waals surface area contributed by atoms with Crippen molar-refractivity contribution in [3.8, 4) is 0 Å². The molecule has 1 N–H and O–H groups in total. The Morgan fingerprint density at radius 1 is 1.25 bits per heavy atom. The van der Waals surface area contributed by atoms with E-state index in [0.717, 1.165) is 12.8 Å². The summed E-state index contributed by atoms with van der Waals surface area (Å²) in [6.07, 6.45) is 5.41. The van der Waals surface area contributed by atoms with Gasteiger partial charge in [-0.1, -0.05) is 25.7 Å². The summed E-state index contributed by atoms with van der Waals surface area (Å²) in [7, 11) is -2.94. The first-order valence-electron chi connectivity index (χ1n) is 6.29. The lowest BCUT2D eigenvalue weighted by Gasteiger charge is -2.21. The van der Waals surface area contributed by atoms with E-state index in [1.54, 1.807) is 13.8 Å². The maximum Gasteiger partial charge on any atom is 0.152 e. The zero-order valence-electron chi connectivity index (χ0n) is 10.4. The van der Waals surface area contributed by atoms with E-state index in [0.29, 0.717) is 12.3 Å². The van der Waals surface area contributed by atoms with Gasteiger partial charge >= 0.3 is 0 Å². The minimum absolute atomic E-state index is 0.137. The lowest BCUT2D eigenvalue weighted by atomic mass is 9.89. The Bertz CT molecular complexity index is 289. The smallest absolute Gasteiger partial charge is 0.152 e. The van der Waals surface area contributed by atoms with E-state index in [4.69, 9.17) is 0 Å². The summed E-state index contributed by atoms with van der Waals surface area (Å²) in [4.78, 5) is 0. The lowest BCUT2D eigenvalue weighted by Crippen LogP contribution is -2.24. The minimum atomic E-state index is -2.94. The highest BCUT2D eigenvalue weighted by atomic mass is 32.2. The Morgan fingerprint density at radius 3 is 2.25 bits per heavy atom. The van der Waals surface area contributed by atoms with Gasteiger partial charge in [0, 0.05) is 6.61 Å². The van der Waals surface area contributed by atoms with Crippen molar-refractivity contribution < 1.29 is 13.5 Å². The summed E-state index contributed by atoms with van der Waals surface area (Å²) in [5, 5.41) is 9.03. The van der Waals surface area contributed by atoms with Crippen LogP contribution in [0.5, 0.6) is 0 Å². The predicted octanol–water partition coefficient (Wildman–Crippen LogP) is 2.00. The first kappa shape index (κ1) is 14.0. The van der Waals surface area contributed by atoms with Crippen molar-refractivity contribution in [3.05, 3.63) is 0 Å². The Morgan fingerprint density at radius 2 is 1.81 bits per heavy atom. The maximum absolute atomic E-state index is 11.7. The van der Waals surface area contributed by atoms with E-state index < -0.39 is 9.84 Å². The first-order valence-corrected chi connectivity index (χ1v) is 8.01. The molecule has 0 heterocycles. The quantitative estimate of drug-likeness (QED) is 0.782. The SMILES string of the molecule is CC(C)S(=O)(=O)CCC(CO)C1CCCC1. The van der Waals surface area contributed by atoms with Crippen molar-refractivity contribution >= 4 is 9.84 Å². The van der Waals surface area contributed by atoms with E-state index in [9.17, 15) is 13.5 Å². The first-order chi connectivity index (χ1) is 7.47. The molecular formula is C12H24O3S. The molecule has 0 aromatic carbocycles. The molecule has 1 aliphatic carbocycles. The maximum atomic E-state index is 11.7. The number of hydrogen-bond donors (Lipinski definition) is 1. The average molecular weight is 248 g/mol. The number of rotatable bonds is 6. The highest BCUT2D eigenvalue weighted by molar-refractivity contribution is 7.91. The summed E-state index contributed by atoms with van der Waals surface area (Å²) in [6, 6.07) is 0. The second kappa shape index (κ2) is 6.01. The molecule has 1 aliphatic rings. The van der Waals surface area contributed by atoms with Gasteiger partial charge in [0.05, 0.1) is 11.0 Å². The van der Waals surface area contributed by atoms with Crippen molar-refractivity contribution in [2.45, 2.75) is 51.2 Å². The van der Waals surface area contributed by atoms with E-state index in [-0.39, 0.29) is 23.5 Å². The standard InChI is InChI=1S/C12H24O3S/c1-10(2)16(14,15)8-7-12(9-13)11-5-3-4-6-11/h10-13H,3-9H2,1-2H3. The third-order valence-corrected chi connectivity index (χ3v) is 6.03. The molecule has 0 amide bonds. The molecule has 1 saturated carbocycles. The molecule has 1 rings (SSSR count). The zero-order chi connectivity index (χ0) is 12.2. The normalized spacial score (nSPS) is 20.5. The molecule has 4 heteroatoms. The van der Waals surface area contributed by atoms with Crippen LogP contribution >= 0.6 is 0 Å². The van der Waals surface area contributed by atoms with E-state index >= 15 is 0 Å². The van der Waals surface area contributed by atoms with Gasteiger partial charge in [-0.15, -0.1) is 0 Å². The molecule has 0 aromatic rings. The number of aliphatic hydroxyl groups excluding tert-OH is 1. The van der Waals surface area contributed by atoms with Crippen LogP contribution < -0.4 is 0 Å². The molecule has 0 bridgehead atoms. The van der Waals surface area contributed by atoms with Crippen LogP contribution in [0.15, 0.2) is 0 Å². The molecule has 0 radical (unpaired) electrons. The van der Waals surface area contributed by atoms with Gasteiger partial charge in [0.25, 0.3) is 0 Å². The van der Waals surface area contributed by atoms with Crippen LogP contribution in [0.2, 0.25) is 0 Å². The minimum Gasteiger partial charge on any atom is -0.396 e. The largest absolute Gasteiger partial charge is 0.396 e. The highest BCUT2D eigenvalue weighted by Crippen LogP contribution is 2.33. The Kier molecular flexibility index (Phi) is 5.25. The van der Waals surface area contributed by atoms with Crippen molar-refractivity contribution in [3.63, 3.8) is 0 Å². The summed E-state index contributed by atoms with van der Waals surface area (Å²) < 4.78 is 23.4. The van der Waals surface area contributed by atoms with Crippen molar-refractivity contribution in [1.29, 1.82) is 0 Å². The molecule has 16 heavy (non-hydrogen) atoms. The van der Waals surface area contributed by atoms with Gasteiger partial charge in [0.15, 0.2) is 9.84 Å². The number of aliphatic hydroxyl groups is 1. The molecule has 1 unspecified atom stereocenters. The Labute approximate surface area is 99.2 Å². The fraction of sp³-hybridized carbons (Fsp3) is 1.00. The van der Waals surface area contributed by atoms with Gasteiger partial charge < -0.3 is 5.11 Å². The van der Waals surface area contributed by atoms with Gasteiger partial charge in [-0.2, -0.15) is 0 Å². The molecule has 0 spiro atoms. The third-order valence-electron chi connectivity index (χ3n) is 3.79. The molecule has 1 fully saturated rings. The van der Waals surface area contributed by atoms with E-state index in [1.807, 2.05) is 0 Å². The molecule has 0 saturated heterocycles. The van der Waals surface area contributed by atoms with Crippen molar-refractivity contribution in [1.82, 2.24) is 0 Å². The van der Waals surface area contributed by atoms with Crippen LogP contribution in [-0.4, -0.2) is 31.1 Å². The highest BCUT2D eigenvalue weighted by Gasteiger charge is 2.26. The van der Waals surface area contributed by atoms with E-state index in [2.05, 4.69) is 0 Å². The second-order valence-electron chi connectivity index (χ2n) is 5.19. The summed E-state index contributed by atoms with van der Waals surface area (Å²) in [5.41, 5.74) is 0. The van der Waals surface area contributed by atoms with Gasteiger partial charge in [-0.3, -0.25) is 0 Å². The molecule has 96 valence electrons. The van der Waals surface area contributed by atoms with Crippen LogP contribution in [0, 0.1) is 11.8 Å². The topological polar surface area (TPSA) is 54.4 Å². The second-order valence-corrected chi connectivity index (χ2v) is 7.87. The van der Waals surface area contributed by atoms with Gasteiger partial charge in [0.1, 0.15) is 0 Å². The fourth-order valence-electron chi connectivity index (χ4n) is 2.46. The average Bonchev–Trinajstić information content (AvgIpc) is 2.71. The number of sulfone groups is 1. The monoisotopic (exact) mass is 248 g/mol. The summed E-state index contributed by atoms with van der Waals surface area (Å²) in [6.45, 7) is 3.58. The Hall–Kier alpha value is -0.0900. The van der Waals surface area contributed by atoms with Crippen LogP contribution in [0.4, 0.5) is 0 Å². The van der Waals surface area contributed by atoms with Crippen LogP contribution in [0.1, 0.15) is 46.0 Å². The molecule has 3 nitrogen and oxygen atoms in total. The van der Waals surface area contributed by atoms with Gasteiger partial charge in [0.2, 0.25) is 0 Å². The van der Waals surface area contributed by atoms with Crippen LogP contribution in [0.25, 0.3) is 0 Å². The predicted molar refractivity (Wildman–Crippen MR) is 66.1 cm³/mol. The zero-order valence-corrected chi connectivity index (χ0v) is 11.2. The van der Waals surface area contributed by atoms with Crippen molar-refractivity contribution in [2.24, 2.45) is 11.8 Å². The van der Waals surface area contributed by atoms with Crippen LogP contribution in [0.3, 0.4) is 0 Å². The number of hydrogen-bond acceptors (Lipinski definition) is 3. The lowest BCUT2D eigenvalue weighted by molar-refractivity contribution is 0.173.